The smallest absolute Gasteiger partial charge is 0.0594 e. The zero-order chi connectivity index (χ0) is 14.6. The zero-order valence-electron chi connectivity index (χ0n) is 14.0. The van der Waals surface area contributed by atoms with E-state index >= 15 is 0 Å². The van der Waals surface area contributed by atoms with Gasteiger partial charge < -0.3 is 10.1 Å². The summed E-state index contributed by atoms with van der Waals surface area (Å²) in [6.45, 7) is 14.7. The van der Waals surface area contributed by atoms with Crippen LogP contribution in [0, 0.1) is 5.41 Å². The van der Waals surface area contributed by atoms with Crippen molar-refractivity contribution >= 4 is 0 Å². The number of morpholine rings is 1. The van der Waals surface area contributed by atoms with E-state index < -0.39 is 0 Å². The van der Waals surface area contributed by atoms with Gasteiger partial charge in [0.1, 0.15) is 0 Å². The molecule has 0 bridgehead atoms. The van der Waals surface area contributed by atoms with Crippen LogP contribution in [0.15, 0.2) is 0 Å². The van der Waals surface area contributed by atoms with Crippen LogP contribution < -0.4 is 5.32 Å². The maximum absolute atomic E-state index is 5.59. The summed E-state index contributed by atoms with van der Waals surface area (Å²) in [5, 5.41) is 3.91. The first-order valence-corrected chi connectivity index (χ1v) is 8.57. The Kier molecular flexibility index (Phi) is 5.49. The summed E-state index contributed by atoms with van der Waals surface area (Å²) in [6.07, 6.45) is 6.69. The van der Waals surface area contributed by atoms with E-state index in [1.807, 2.05) is 0 Å². The van der Waals surface area contributed by atoms with Gasteiger partial charge in [0, 0.05) is 24.7 Å². The lowest BCUT2D eigenvalue weighted by Crippen LogP contribution is -2.66. The summed E-state index contributed by atoms with van der Waals surface area (Å²) >= 11 is 0. The van der Waals surface area contributed by atoms with Crippen LogP contribution in [0.1, 0.15) is 59.8 Å². The summed E-state index contributed by atoms with van der Waals surface area (Å²) in [4.78, 5) is 2.75. The molecule has 2 rings (SSSR count). The van der Waals surface area contributed by atoms with Gasteiger partial charge in [-0.3, -0.25) is 4.90 Å². The first kappa shape index (κ1) is 16.3. The number of rotatable bonds is 5. The molecule has 0 spiro atoms. The van der Waals surface area contributed by atoms with Gasteiger partial charge in [-0.2, -0.15) is 0 Å². The van der Waals surface area contributed by atoms with Crippen LogP contribution >= 0.6 is 0 Å². The van der Waals surface area contributed by atoms with E-state index in [0.29, 0.717) is 17.0 Å². The van der Waals surface area contributed by atoms with Gasteiger partial charge in [0.2, 0.25) is 0 Å². The molecule has 0 aromatic rings. The van der Waals surface area contributed by atoms with Crippen molar-refractivity contribution in [2.75, 3.05) is 32.8 Å². The summed E-state index contributed by atoms with van der Waals surface area (Å²) in [5.41, 5.74) is 0.662. The molecule has 118 valence electrons. The molecule has 0 radical (unpaired) electrons. The lowest BCUT2D eigenvalue weighted by atomic mass is 9.72. The molecule has 2 aliphatic rings. The van der Waals surface area contributed by atoms with Gasteiger partial charge >= 0.3 is 0 Å². The van der Waals surface area contributed by atoms with E-state index in [1.54, 1.807) is 0 Å². The van der Waals surface area contributed by atoms with Gasteiger partial charge in [-0.25, -0.2) is 0 Å². The van der Waals surface area contributed by atoms with Crippen LogP contribution in [-0.2, 0) is 4.74 Å². The van der Waals surface area contributed by atoms with Crippen LogP contribution in [0.4, 0.5) is 0 Å². The highest BCUT2D eigenvalue weighted by molar-refractivity contribution is 5.08. The van der Waals surface area contributed by atoms with Crippen molar-refractivity contribution in [3.63, 3.8) is 0 Å². The Balaban J connectivity index is 2.22. The van der Waals surface area contributed by atoms with Crippen molar-refractivity contribution in [3.8, 4) is 0 Å². The molecule has 1 unspecified atom stereocenters. The average molecular weight is 282 g/mol. The summed E-state index contributed by atoms with van der Waals surface area (Å²) in [5.74, 6) is 0. The SMILES string of the molecule is CCCNC(C(C)(C)C)C1(N2CCOCC2)CCCC1. The molecular formula is C17H34N2O. The Morgan fingerprint density at radius 1 is 1.15 bits per heavy atom. The van der Waals surface area contributed by atoms with Crippen molar-refractivity contribution in [1.82, 2.24) is 10.2 Å². The van der Waals surface area contributed by atoms with Gasteiger partial charge in [0.05, 0.1) is 13.2 Å². The lowest BCUT2D eigenvalue weighted by Gasteiger charge is -2.53. The number of nitrogens with zero attached hydrogens (tertiary/aromatic N) is 1. The predicted molar refractivity (Wildman–Crippen MR) is 85.1 cm³/mol. The maximum atomic E-state index is 5.59. The van der Waals surface area contributed by atoms with Crippen molar-refractivity contribution in [3.05, 3.63) is 0 Å². The standard InChI is InChI=1S/C17H34N2O/c1-5-10-18-15(16(2,3)4)17(8-6-7-9-17)19-11-13-20-14-12-19/h15,18H,5-14H2,1-4H3. The van der Waals surface area contributed by atoms with Gasteiger partial charge in [-0.05, 0) is 31.2 Å². The Labute approximate surface area is 125 Å². The predicted octanol–water partition coefficient (Wildman–Crippen LogP) is 3.05. The van der Waals surface area contributed by atoms with Crippen molar-refractivity contribution < 1.29 is 4.74 Å². The Morgan fingerprint density at radius 3 is 2.25 bits per heavy atom. The van der Waals surface area contributed by atoms with Crippen molar-refractivity contribution in [2.24, 2.45) is 5.41 Å². The number of hydrogen-bond acceptors (Lipinski definition) is 3. The minimum absolute atomic E-state index is 0.303. The fraction of sp³-hybridized carbons (Fsp3) is 1.00. The average Bonchev–Trinajstić information content (AvgIpc) is 2.89. The quantitative estimate of drug-likeness (QED) is 0.839. The lowest BCUT2D eigenvalue weighted by molar-refractivity contribution is -0.0530. The van der Waals surface area contributed by atoms with Crippen LogP contribution in [-0.4, -0.2) is 49.3 Å². The number of hydrogen-bond donors (Lipinski definition) is 1. The molecule has 1 saturated heterocycles. The Hall–Kier alpha value is -0.120. The Bertz CT molecular complexity index is 286. The highest BCUT2D eigenvalue weighted by Crippen LogP contribution is 2.44. The fourth-order valence-corrected chi connectivity index (χ4v) is 4.37. The molecule has 2 fully saturated rings. The number of ether oxygens (including phenoxy) is 1. The fourth-order valence-electron chi connectivity index (χ4n) is 4.37. The van der Waals surface area contributed by atoms with E-state index in [2.05, 4.69) is 37.9 Å². The third kappa shape index (κ3) is 3.37. The molecule has 1 atom stereocenters. The highest BCUT2D eigenvalue weighted by Gasteiger charge is 2.49. The highest BCUT2D eigenvalue weighted by atomic mass is 16.5. The van der Waals surface area contributed by atoms with Gasteiger partial charge in [-0.15, -0.1) is 0 Å². The van der Waals surface area contributed by atoms with Gasteiger partial charge in [0.15, 0.2) is 0 Å². The second-order valence-electron chi connectivity index (χ2n) is 7.66. The second-order valence-corrected chi connectivity index (χ2v) is 7.66. The first-order chi connectivity index (χ1) is 9.50. The molecule has 3 nitrogen and oxygen atoms in total. The van der Waals surface area contributed by atoms with E-state index in [-0.39, 0.29) is 0 Å². The molecule has 3 heteroatoms. The normalized spacial score (nSPS) is 25.8. The molecule has 0 amide bonds. The first-order valence-electron chi connectivity index (χ1n) is 8.57. The molecular weight excluding hydrogens is 248 g/mol. The molecule has 20 heavy (non-hydrogen) atoms. The van der Waals surface area contributed by atoms with Crippen molar-refractivity contribution in [2.45, 2.75) is 71.4 Å². The maximum Gasteiger partial charge on any atom is 0.0594 e. The monoisotopic (exact) mass is 282 g/mol. The van der Waals surface area contributed by atoms with Gasteiger partial charge in [0.25, 0.3) is 0 Å². The molecule has 1 N–H and O–H groups in total. The minimum atomic E-state index is 0.303. The third-order valence-electron chi connectivity index (χ3n) is 5.11. The second kappa shape index (κ2) is 6.76. The Morgan fingerprint density at radius 2 is 1.75 bits per heavy atom. The summed E-state index contributed by atoms with van der Waals surface area (Å²) < 4.78 is 5.59. The van der Waals surface area contributed by atoms with Crippen LogP contribution in [0.25, 0.3) is 0 Å². The van der Waals surface area contributed by atoms with Crippen LogP contribution in [0.2, 0.25) is 0 Å². The molecule has 1 heterocycles. The molecule has 1 aliphatic heterocycles. The molecule has 1 saturated carbocycles. The van der Waals surface area contributed by atoms with Crippen LogP contribution in [0.3, 0.4) is 0 Å². The summed E-state index contributed by atoms with van der Waals surface area (Å²) in [6, 6.07) is 0.579. The molecule has 0 aromatic heterocycles. The topological polar surface area (TPSA) is 24.5 Å². The van der Waals surface area contributed by atoms with Crippen molar-refractivity contribution in [1.29, 1.82) is 0 Å². The largest absolute Gasteiger partial charge is 0.379 e. The zero-order valence-corrected chi connectivity index (χ0v) is 14.0. The van der Waals surface area contributed by atoms with E-state index in [1.165, 1.54) is 32.1 Å². The van der Waals surface area contributed by atoms with E-state index in [4.69, 9.17) is 4.74 Å². The molecule has 0 aromatic carbocycles. The van der Waals surface area contributed by atoms with Gasteiger partial charge in [-0.1, -0.05) is 40.5 Å². The molecule has 1 aliphatic carbocycles. The number of nitrogens with one attached hydrogen (secondary N) is 1. The van der Waals surface area contributed by atoms with Crippen LogP contribution in [0.5, 0.6) is 0 Å². The third-order valence-corrected chi connectivity index (χ3v) is 5.11. The van der Waals surface area contributed by atoms with E-state index in [9.17, 15) is 0 Å². The van der Waals surface area contributed by atoms with E-state index in [0.717, 1.165) is 32.8 Å². The minimum Gasteiger partial charge on any atom is -0.379 e. The summed E-state index contributed by atoms with van der Waals surface area (Å²) in [7, 11) is 0.